The standard InChI is InChI=1S/C32H29Cl2N3O3/c1-3-19-7-10-28(40-23-11-13-37(2)14-12-23)24(15-19)30-32(25-9-8-22(34)17-27(25)35-31(32)39)26(18-29(38)36-30)20-5-4-6-21(33)16-20/h1,4-10,15-17,23,26,30H,11-14,18H2,2H3,(H,35,39)(H,36,38)/t26-,30+,32?/m0/s1. The maximum atomic E-state index is 14.3. The molecule has 6 nitrogen and oxygen atoms in total. The van der Waals surface area contributed by atoms with Gasteiger partial charge >= 0.3 is 0 Å². The van der Waals surface area contributed by atoms with E-state index in [-0.39, 0.29) is 24.3 Å². The van der Waals surface area contributed by atoms with Gasteiger partial charge in [0.2, 0.25) is 11.8 Å². The van der Waals surface area contributed by atoms with Crippen molar-refractivity contribution in [3.63, 3.8) is 0 Å². The number of terminal acetylenes is 1. The molecule has 40 heavy (non-hydrogen) atoms. The van der Waals surface area contributed by atoms with Gasteiger partial charge in [0, 0.05) is 52.3 Å². The van der Waals surface area contributed by atoms with Crippen LogP contribution < -0.4 is 15.4 Å². The van der Waals surface area contributed by atoms with Gasteiger partial charge in [0.15, 0.2) is 0 Å². The monoisotopic (exact) mass is 573 g/mol. The van der Waals surface area contributed by atoms with Gasteiger partial charge in [-0.25, -0.2) is 0 Å². The van der Waals surface area contributed by atoms with Gasteiger partial charge in [-0.2, -0.15) is 0 Å². The Hall–Kier alpha value is -3.50. The lowest BCUT2D eigenvalue weighted by atomic mass is 9.59. The highest BCUT2D eigenvalue weighted by atomic mass is 35.5. The van der Waals surface area contributed by atoms with Crippen molar-refractivity contribution in [1.82, 2.24) is 10.2 Å². The lowest BCUT2D eigenvalue weighted by Crippen LogP contribution is -2.57. The Morgan fingerprint density at radius 1 is 1.02 bits per heavy atom. The Morgan fingerprint density at radius 2 is 1.80 bits per heavy atom. The molecule has 0 bridgehead atoms. The van der Waals surface area contributed by atoms with E-state index in [0.717, 1.165) is 37.1 Å². The summed E-state index contributed by atoms with van der Waals surface area (Å²) in [5.41, 5.74) is 2.28. The highest BCUT2D eigenvalue weighted by Crippen LogP contribution is 2.58. The second-order valence-corrected chi connectivity index (χ2v) is 11.7. The van der Waals surface area contributed by atoms with Crippen LogP contribution in [0.1, 0.15) is 53.5 Å². The fraction of sp³-hybridized carbons (Fsp3) is 0.312. The first kappa shape index (κ1) is 26.7. The topological polar surface area (TPSA) is 70.7 Å². The van der Waals surface area contributed by atoms with E-state index in [1.54, 1.807) is 18.2 Å². The third kappa shape index (κ3) is 4.53. The Balaban J connectivity index is 1.57. The smallest absolute Gasteiger partial charge is 0.238 e. The molecule has 3 atom stereocenters. The van der Waals surface area contributed by atoms with Crippen molar-refractivity contribution in [3.05, 3.63) is 93.0 Å². The molecule has 3 heterocycles. The number of carbonyl (C=O) groups excluding carboxylic acids is 2. The number of amides is 2. The maximum absolute atomic E-state index is 14.3. The number of benzene rings is 3. The maximum Gasteiger partial charge on any atom is 0.238 e. The average Bonchev–Trinajstić information content (AvgIpc) is 3.22. The molecule has 3 aromatic carbocycles. The molecule has 2 N–H and O–H groups in total. The fourth-order valence-electron chi connectivity index (χ4n) is 6.52. The number of halogens is 2. The zero-order valence-electron chi connectivity index (χ0n) is 22.0. The lowest BCUT2D eigenvalue weighted by molar-refractivity contribution is -0.131. The Labute approximate surface area is 244 Å². The molecular weight excluding hydrogens is 545 g/mol. The van der Waals surface area contributed by atoms with E-state index in [1.807, 2.05) is 42.5 Å². The molecule has 3 aliphatic heterocycles. The quantitative estimate of drug-likeness (QED) is 0.394. The number of piperidine rings is 2. The Bertz CT molecular complexity index is 1540. The van der Waals surface area contributed by atoms with E-state index < -0.39 is 17.4 Å². The van der Waals surface area contributed by atoms with Crippen LogP contribution in [-0.4, -0.2) is 43.0 Å². The minimum absolute atomic E-state index is 0.00843. The number of carbonyl (C=O) groups is 2. The number of likely N-dealkylation sites (tertiary alicyclic amines) is 1. The normalized spacial score (nSPS) is 24.8. The van der Waals surface area contributed by atoms with Gasteiger partial charge in [-0.05, 0) is 73.5 Å². The van der Waals surface area contributed by atoms with E-state index in [4.69, 9.17) is 34.4 Å². The first-order valence-electron chi connectivity index (χ1n) is 13.4. The molecule has 2 amide bonds. The van der Waals surface area contributed by atoms with Gasteiger partial charge < -0.3 is 20.3 Å². The highest BCUT2D eigenvalue weighted by molar-refractivity contribution is 6.31. The van der Waals surface area contributed by atoms with Crippen LogP contribution in [0.2, 0.25) is 10.0 Å². The summed E-state index contributed by atoms with van der Waals surface area (Å²) in [4.78, 5) is 30.1. The average molecular weight is 575 g/mol. The summed E-state index contributed by atoms with van der Waals surface area (Å²) in [6, 6.07) is 17.6. The van der Waals surface area contributed by atoms with Gasteiger partial charge in [-0.15, -0.1) is 6.42 Å². The first-order chi connectivity index (χ1) is 19.3. The highest BCUT2D eigenvalue weighted by Gasteiger charge is 2.61. The van der Waals surface area contributed by atoms with E-state index >= 15 is 0 Å². The molecule has 2 fully saturated rings. The van der Waals surface area contributed by atoms with Crippen LogP contribution in [0.3, 0.4) is 0 Å². The van der Waals surface area contributed by atoms with Crippen molar-refractivity contribution < 1.29 is 14.3 Å². The second-order valence-electron chi connectivity index (χ2n) is 10.8. The molecule has 1 unspecified atom stereocenters. The van der Waals surface area contributed by atoms with E-state index in [2.05, 4.69) is 28.5 Å². The second kappa shape index (κ2) is 10.5. The summed E-state index contributed by atoms with van der Waals surface area (Å²) in [7, 11) is 2.10. The molecule has 2 saturated heterocycles. The van der Waals surface area contributed by atoms with Crippen LogP contribution in [0, 0.1) is 12.3 Å². The lowest BCUT2D eigenvalue weighted by Gasteiger charge is -2.47. The fourth-order valence-corrected chi connectivity index (χ4v) is 6.89. The van der Waals surface area contributed by atoms with Crippen LogP contribution in [0.25, 0.3) is 0 Å². The zero-order valence-corrected chi connectivity index (χ0v) is 23.6. The van der Waals surface area contributed by atoms with Crippen LogP contribution in [-0.2, 0) is 15.0 Å². The number of ether oxygens (including phenoxy) is 1. The van der Waals surface area contributed by atoms with Crippen molar-refractivity contribution in [2.24, 2.45) is 0 Å². The largest absolute Gasteiger partial charge is 0.490 e. The summed E-state index contributed by atoms with van der Waals surface area (Å²) in [5.74, 6) is 2.41. The number of nitrogens with one attached hydrogen (secondary N) is 2. The van der Waals surface area contributed by atoms with E-state index in [1.165, 1.54) is 0 Å². The summed E-state index contributed by atoms with van der Waals surface area (Å²) in [5, 5.41) is 7.29. The molecule has 3 aromatic rings. The van der Waals surface area contributed by atoms with Gasteiger partial charge in [-0.1, -0.05) is 47.3 Å². The number of hydrogen-bond acceptors (Lipinski definition) is 4. The predicted molar refractivity (Wildman–Crippen MR) is 157 cm³/mol. The summed E-state index contributed by atoms with van der Waals surface area (Å²) in [6.45, 7) is 1.86. The van der Waals surface area contributed by atoms with Crippen molar-refractivity contribution in [2.45, 2.75) is 42.7 Å². The van der Waals surface area contributed by atoms with Crippen molar-refractivity contribution in [3.8, 4) is 18.1 Å². The molecule has 0 saturated carbocycles. The molecule has 3 aliphatic rings. The summed E-state index contributed by atoms with van der Waals surface area (Å²) in [6.07, 6.45) is 7.70. The van der Waals surface area contributed by atoms with Gasteiger partial charge in [-0.3, -0.25) is 9.59 Å². The van der Waals surface area contributed by atoms with Crippen molar-refractivity contribution in [1.29, 1.82) is 0 Å². The predicted octanol–water partition coefficient (Wildman–Crippen LogP) is 5.68. The molecule has 0 aromatic heterocycles. The van der Waals surface area contributed by atoms with Gasteiger partial charge in [0.25, 0.3) is 0 Å². The van der Waals surface area contributed by atoms with Crippen molar-refractivity contribution in [2.75, 3.05) is 25.5 Å². The third-order valence-electron chi connectivity index (χ3n) is 8.45. The third-order valence-corrected chi connectivity index (χ3v) is 8.92. The molecule has 1 spiro atoms. The summed E-state index contributed by atoms with van der Waals surface area (Å²) >= 11 is 12.8. The van der Waals surface area contributed by atoms with E-state index in [0.29, 0.717) is 32.6 Å². The number of anilines is 1. The van der Waals surface area contributed by atoms with Crippen LogP contribution in [0.15, 0.2) is 60.7 Å². The number of rotatable bonds is 4. The first-order valence-corrected chi connectivity index (χ1v) is 14.2. The van der Waals surface area contributed by atoms with Crippen molar-refractivity contribution >= 4 is 40.7 Å². The van der Waals surface area contributed by atoms with Gasteiger partial charge in [0.1, 0.15) is 17.3 Å². The number of nitrogens with zero attached hydrogens (tertiary/aromatic N) is 1. The Kier molecular flexibility index (Phi) is 7.00. The molecular formula is C32H29Cl2N3O3. The number of hydrogen-bond donors (Lipinski definition) is 2. The van der Waals surface area contributed by atoms with Crippen LogP contribution in [0.5, 0.6) is 5.75 Å². The van der Waals surface area contributed by atoms with E-state index in [9.17, 15) is 9.59 Å². The SMILES string of the molecule is C#Cc1ccc(OC2CCN(C)CC2)c([C@H]2NC(=O)C[C@@H](c3cccc(Cl)c3)C23C(=O)Nc2cc(Cl)ccc23)c1. The zero-order chi connectivity index (χ0) is 28.0. The summed E-state index contributed by atoms with van der Waals surface area (Å²) < 4.78 is 6.61. The minimum atomic E-state index is -1.21. The van der Waals surface area contributed by atoms with Gasteiger partial charge in [0.05, 0.1) is 6.04 Å². The number of fused-ring (bicyclic) bond motifs is 2. The van der Waals surface area contributed by atoms with Crippen LogP contribution >= 0.6 is 23.2 Å². The van der Waals surface area contributed by atoms with Crippen LogP contribution in [0.4, 0.5) is 5.69 Å². The minimum Gasteiger partial charge on any atom is -0.490 e. The molecule has 8 heteroatoms. The molecule has 0 aliphatic carbocycles. The molecule has 0 radical (unpaired) electrons. The Morgan fingerprint density at radius 3 is 2.55 bits per heavy atom. The molecule has 204 valence electrons. The molecule has 6 rings (SSSR count).